The summed E-state index contributed by atoms with van der Waals surface area (Å²) in [5.74, 6) is 3.03. The highest BCUT2D eigenvalue weighted by Crippen LogP contribution is 2.34. The van der Waals surface area contributed by atoms with E-state index >= 15 is 0 Å². The van der Waals surface area contributed by atoms with Crippen LogP contribution in [-0.2, 0) is 14.9 Å². The van der Waals surface area contributed by atoms with Gasteiger partial charge in [0.25, 0.3) is 0 Å². The van der Waals surface area contributed by atoms with Crippen LogP contribution in [0.5, 0.6) is 11.5 Å². The quantitative estimate of drug-likeness (QED) is 0.373. The lowest BCUT2D eigenvalue weighted by Crippen LogP contribution is -2.43. The molecule has 1 aromatic carbocycles. The van der Waals surface area contributed by atoms with Crippen LogP contribution in [0.15, 0.2) is 23.2 Å². The molecule has 29 heavy (non-hydrogen) atoms. The Kier molecular flexibility index (Phi) is 8.00. The monoisotopic (exact) mass is 405 g/mol. The summed E-state index contributed by atoms with van der Waals surface area (Å²) in [7, 11) is 1.79. The maximum absolute atomic E-state index is 5.75. The molecule has 2 aliphatic heterocycles. The van der Waals surface area contributed by atoms with Gasteiger partial charge in [0.05, 0.1) is 13.2 Å². The SMILES string of the molecule is CN=C(NCCCOCC1CCOC1)NCC(C)(C)c1ccc2c(c1)OCCO2. The summed E-state index contributed by atoms with van der Waals surface area (Å²) in [6, 6.07) is 6.19. The van der Waals surface area contributed by atoms with Gasteiger partial charge in [-0.05, 0) is 30.5 Å². The third-order valence-electron chi connectivity index (χ3n) is 5.38. The minimum Gasteiger partial charge on any atom is -0.486 e. The average molecular weight is 406 g/mol. The first kappa shape index (κ1) is 21.7. The molecule has 0 aromatic heterocycles. The van der Waals surface area contributed by atoms with Gasteiger partial charge in [0.2, 0.25) is 0 Å². The number of hydrogen-bond acceptors (Lipinski definition) is 5. The van der Waals surface area contributed by atoms with E-state index < -0.39 is 0 Å². The van der Waals surface area contributed by atoms with Crippen LogP contribution in [0.1, 0.15) is 32.3 Å². The fraction of sp³-hybridized carbons (Fsp3) is 0.682. The molecule has 0 spiro atoms. The number of aliphatic imine (C=N–C) groups is 1. The number of benzene rings is 1. The van der Waals surface area contributed by atoms with Crippen molar-refractivity contribution < 1.29 is 18.9 Å². The van der Waals surface area contributed by atoms with E-state index in [1.54, 1.807) is 7.05 Å². The van der Waals surface area contributed by atoms with Crippen molar-refractivity contribution in [3.05, 3.63) is 23.8 Å². The predicted molar refractivity (Wildman–Crippen MR) is 114 cm³/mol. The molecule has 0 radical (unpaired) electrons. The standard InChI is InChI=1S/C22H35N3O4/c1-22(2,18-5-6-19-20(13-18)29-12-11-28-19)16-25-21(23-3)24-8-4-9-26-14-17-7-10-27-15-17/h5-6,13,17H,4,7-12,14-16H2,1-3H3,(H2,23,24,25). The molecule has 7 nitrogen and oxygen atoms in total. The van der Waals surface area contributed by atoms with Crippen LogP contribution in [0.3, 0.4) is 0 Å². The zero-order valence-electron chi connectivity index (χ0n) is 18.0. The highest BCUT2D eigenvalue weighted by Gasteiger charge is 2.24. The Morgan fingerprint density at radius 1 is 1.17 bits per heavy atom. The van der Waals surface area contributed by atoms with Crippen molar-refractivity contribution in [2.45, 2.75) is 32.1 Å². The van der Waals surface area contributed by atoms with Gasteiger partial charge < -0.3 is 29.6 Å². The van der Waals surface area contributed by atoms with Gasteiger partial charge in [0.1, 0.15) is 13.2 Å². The van der Waals surface area contributed by atoms with Gasteiger partial charge in [-0.1, -0.05) is 19.9 Å². The fourth-order valence-electron chi connectivity index (χ4n) is 3.44. The lowest BCUT2D eigenvalue weighted by Gasteiger charge is -2.28. The van der Waals surface area contributed by atoms with Gasteiger partial charge in [0.15, 0.2) is 17.5 Å². The minimum atomic E-state index is -0.0834. The lowest BCUT2D eigenvalue weighted by molar-refractivity contribution is 0.0888. The molecule has 1 atom stereocenters. The van der Waals surface area contributed by atoms with E-state index in [0.717, 1.165) is 69.8 Å². The third-order valence-corrected chi connectivity index (χ3v) is 5.38. The van der Waals surface area contributed by atoms with Crippen molar-refractivity contribution in [3.8, 4) is 11.5 Å². The Labute approximate surface area is 174 Å². The first-order chi connectivity index (χ1) is 14.1. The molecule has 1 unspecified atom stereocenters. The maximum atomic E-state index is 5.75. The molecule has 1 aromatic rings. The van der Waals surface area contributed by atoms with Crippen molar-refractivity contribution in [1.82, 2.24) is 10.6 Å². The molecule has 7 heteroatoms. The maximum Gasteiger partial charge on any atom is 0.191 e. The molecular weight excluding hydrogens is 370 g/mol. The van der Waals surface area contributed by atoms with Crippen LogP contribution in [0.4, 0.5) is 0 Å². The molecule has 1 fully saturated rings. The molecule has 2 heterocycles. The summed E-state index contributed by atoms with van der Waals surface area (Å²) in [5.41, 5.74) is 1.12. The number of nitrogens with one attached hydrogen (secondary N) is 2. The third kappa shape index (κ3) is 6.51. The van der Waals surface area contributed by atoms with Gasteiger partial charge in [0, 0.05) is 44.7 Å². The molecule has 0 saturated carbocycles. The van der Waals surface area contributed by atoms with Gasteiger partial charge in [-0.25, -0.2) is 0 Å². The normalized spacial score (nSPS) is 19.3. The molecule has 2 aliphatic rings. The molecule has 0 aliphatic carbocycles. The number of nitrogens with zero attached hydrogens (tertiary/aromatic N) is 1. The zero-order chi connectivity index (χ0) is 20.5. The molecule has 3 rings (SSSR count). The summed E-state index contributed by atoms with van der Waals surface area (Å²) in [6.07, 6.45) is 2.06. The van der Waals surface area contributed by atoms with Crippen molar-refractivity contribution in [2.24, 2.45) is 10.9 Å². The van der Waals surface area contributed by atoms with Crippen molar-refractivity contribution in [2.75, 3.05) is 59.8 Å². The van der Waals surface area contributed by atoms with E-state index in [4.69, 9.17) is 18.9 Å². The van der Waals surface area contributed by atoms with Crippen molar-refractivity contribution in [3.63, 3.8) is 0 Å². The Hall–Kier alpha value is -1.99. The number of fused-ring (bicyclic) bond motifs is 1. The summed E-state index contributed by atoms with van der Waals surface area (Å²) in [6.45, 7) is 10.5. The molecule has 0 bridgehead atoms. The van der Waals surface area contributed by atoms with E-state index in [1.807, 2.05) is 6.07 Å². The summed E-state index contributed by atoms with van der Waals surface area (Å²) >= 11 is 0. The van der Waals surface area contributed by atoms with Gasteiger partial charge in [-0.3, -0.25) is 4.99 Å². The van der Waals surface area contributed by atoms with E-state index in [1.165, 1.54) is 5.56 Å². The number of rotatable bonds is 9. The van der Waals surface area contributed by atoms with E-state index in [2.05, 4.69) is 41.6 Å². The number of guanidine groups is 1. The second kappa shape index (κ2) is 10.7. The largest absolute Gasteiger partial charge is 0.486 e. The van der Waals surface area contributed by atoms with Gasteiger partial charge >= 0.3 is 0 Å². The molecule has 0 amide bonds. The zero-order valence-corrected chi connectivity index (χ0v) is 18.0. The van der Waals surface area contributed by atoms with Crippen LogP contribution in [0.25, 0.3) is 0 Å². The highest BCUT2D eigenvalue weighted by atomic mass is 16.6. The van der Waals surface area contributed by atoms with Crippen molar-refractivity contribution in [1.29, 1.82) is 0 Å². The van der Waals surface area contributed by atoms with Crippen LogP contribution in [-0.4, -0.2) is 65.7 Å². The van der Waals surface area contributed by atoms with Crippen LogP contribution < -0.4 is 20.1 Å². The number of hydrogen-bond donors (Lipinski definition) is 2. The predicted octanol–water partition coefficient (Wildman–Crippen LogP) is 2.34. The second-order valence-electron chi connectivity index (χ2n) is 8.25. The smallest absolute Gasteiger partial charge is 0.191 e. The minimum absolute atomic E-state index is 0.0834. The summed E-state index contributed by atoms with van der Waals surface area (Å²) < 4.78 is 22.5. The first-order valence-electron chi connectivity index (χ1n) is 10.6. The van der Waals surface area contributed by atoms with E-state index in [0.29, 0.717) is 19.1 Å². The van der Waals surface area contributed by atoms with Gasteiger partial charge in [-0.15, -0.1) is 0 Å². The molecule has 2 N–H and O–H groups in total. The Balaban J connectivity index is 1.37. The fourth-order valence-corrected chi connectivity index (χ4v) is 3.44. The van der Waals surface area contributed by atoms with Crippen LogP contribution in [0.2, 0.25) is 0 Å². The van der Waals surface area contributed by atoms with E-state index in [-0.39, 0.29) is 5.41 Å². The molecule has 162 valence electrons. The lowest BCUT2D eigenvalue weighted by atomic mass is 9.84. The Morgan fingerprint density at radius 2 is 2.00 bits per heavy atom. The Morgan fingerprint density at radius 3 is 2.76 bits per heavy atom. The van der Waals surface area contributed by atoms with Crippen LogP contribution in [0, 0.1) is 5.92 Å². The van der Waals surface area contributed by atoms with Gasteiger partial charge in [-0.2, -0.15) is 0 Å². The Bertz CT molecular complexity index is 672. The van der Waals surface area contributed by atoms with E-state index in [9.17, 15) is 0 Å². The topological polar surface area (TPSA) is 73.3 Å². The summed E-state index contributed by atoms with van der Waals surface area (Å²) in [4.78, 5) is 4.33. The average Bonchev–Trinajstić information content (AvgIpc) is 3.26. The molecule has 1 saturated heterocycles. The number of ether oxygens (including phenoxy) is 4. The first-order valence-corrected chi connectivity index (χ1v) is 10.6. The second-order valence-corrected chi connectivity index (χ2v) is 8.25. The van der Waals surface area contributed by atoms with Crippen molar-refractivity contribution >= 4 is 5.96 Å². The van der Waals surface area contributed by atoms with Crippen LogP contribution >= 0.6 is 0 Å². The summed E-state index contributed by atoms with van der Waals surface area (Å²) in [5, 5.41) is 6.79. The highest BCUT2D eigenvalue weighted by molar-refractivity contribution is 5.79. The molecular formula is C22H35N3O4.